The van der Waals surface area contributed by atoms with E-state index in [9.17, 15) is 19.5 Å². The van der Waals surface area contributed by atoms with Gasteiger partial charge in [0.05, 0.1) is 6.10 Å². The maximum absolute atomic E-state index is 17.4. The van der Waals surface area contributed by atoms with Crippen molar-refractivity contribution in [1.29, 1.82) is 0 Å². The van der Waals surface area contributed by atoms with Crippen LogP contribution in [-0.4, -0.2) is 46.8 Å². The Morgan fingerprint density at radius 2 is 1.83 bits per heavy atom. The fraction of sp³-hybridized carbons (Fsp3) is 0.750. The largest absolute Gasteiger partial charge is 0.457 e. The lowest BCUT2D eigenvalue weighted by Gasteiger charge is -2.63. The molecule has 3 saturated carbocycles. The summed E-state index contributed by atoms with van der Waals surface area (Å²) in [6.45, 7) is 8.43. The Balaban J connectivity index is 1.79. The first-order chi connectivity index (χ1) is 16.4. The Labute approximate surface area is 207 Å². The average molecular weight is 491 g/mol. The highest BCUT2D eigenvalue weighted by Crippen LogP contribution is 2.71. The van der Waals surface area contributed by atoms with Crippen molar-refractivity contribution in [2.75, 3.05) is 6.61 Å². The van der Waals surface area contributed by atoms with E-state index < -0.39 is 64.4 Å². The van der Waals surface area contributed by atoms with E-state index in [0.717, 1.165) is 12.0 Å². The van der Waals surface area contributed by atoms with Gasteiger partial charge < -0.3 is 14.6 Å². The molecule has 6 nitrogen and oxygen atoms in total. The summed E-state index contributed by atoms with van der Waals surface area (Å²) in [6.07, 6.45) is 7.08. The van der Waals surface area contributed by atoms with Crippen molar-refractivity contribution in [3.8, 4) is 0 Å². The number of carbonyl (C=O) groups excluding carboxylic acids is 3. The summed E-state index contributed by atoms with van der Waals surface area (Å²) in [5.74, 6) is -2.70. The van der Waals surface area contributed by atoms with Crippen molar-refractivity contribution in [3.63, 3.8) is 0 Å². The van der Waals surface area contributed by atoms with Crippen LogP contribution >= 0.6 is 0 Å². The molecule has 7 heteroatoms. The van der Waals surface area contributed by atoms with Crippen molar-refractivity contribution in [2.24, 2.45) is 28.6 Å². The minimum Gasteiger partial charge on any atom is -0.457 e. The molecule has 4 aliphatic carbocycles. The third-order valence-electron chi connectivity index (χ3n) is 9.97. The average Bonchev–Trinajstić information content (AvgIpc) is 3.04. The zero-order valence-electron chi connectivity index (χ0n) is 21.6. The van der Waals surface area contributed by atoms with Gasteiger partial charge in [0, 0.05) is 35.5 Å². The van der Waals surface area contributed by atoms with Gasteiger partial charge in [-0.25, -0.2) is 4.39 Å². The molecular weight excluding hydrogens is 451 g/mol. The number of hydrogen-bond donors (Lipinski definition) is 1. The number of halogens is 1. The molecule has 8 atom stereocenters. The van der Waals surface area contributed by atoms with E-state index in [1.54, 1.807) is 13.8 Å². The van der Waals surface area contributed by atoms with Crippen LogP contribution in [0.5, 0.6) is 0 Å². The van der Waals surface area contributed by atoms with Crippen molar-refractivity contribution >= 4 is 17.7 Å². The smallest absolute Gasteiger partial charge is 0.306 e. The predicted octanol–water partition coefficient (Wildman–Crippen LogP) is 4.64. The number of esters is 2. The number of hydrogen-bond acceptors (Lipinski definition) is 6. The minimum atomic E-state index is -1.85. The summed E-state index contributed by atoms with van der Waals surface area (Å²) < 4.78 is 28.6. The van der Waals surface area contributed by atoms with Gasteiger partial charge in [0.15, 0.2) is 12.2 Å². The van der Waals surface area contributed by atoms with Gasteiger partial charge in [0.25, 0.3) is 0 Å². The summed E-state index contributed by atoms with van der Waals surface area (Å²) in [6, 6.07) is 0. The van der Waals surface area contributed by atoms with Crippen LogP contribution in [0.3, 0.4) is 0 Å². The van der Waals surface area contributed by atoms with Gasteiger partial charge in [0.2, 0.25) is 5.78 Å². The number of rotatable bonds is 6. The zero-order chi connectivity index (χ0) is 25.8. The molecule has 0 aromatic heterocycles. The van der Waals surface area contributed by atoms with E-state index in [2.05, 4.69) is 0 Å². The van der Waals surface area contributed by atoms with Crippen LogP contribution in [0.2, 0.25) is 0 Å². The van der Waals surface area contributed by atoms with Crippen LogP contribution in [0.25, 0.3) is 0 Å². The fourth-order valence-electron chi connectivity index (χ4n) is 8.18. The van der Waals surface area contributed by atoms with Gasteiger partial charge in [-0.15, -0.1) is 0 Å². The quantitative estimate of drug-likeness (QED) is 0.546. The molecule has 0 radical (unpaired) electrons. The summed E-state index contributed by atoms with van der Waals surface area (Å²) in [4.78, 5) is 38.3. The molecule has 0 saturated heterocycles. The Morgan fingerprint density at radius 1 is 1.14 bits per heavy atom. The number of aliphatic hydroxyl groups is 1. The molecule has 0 heterocycles. The highest BCUT2D eigenvalue weighted by atomic mass is 19.1. The Morgan fingerprint density at radius 3 is 2.49 bits per heavy atom. The SMILES string of the molecule is CCC(=O)OCC(=O)[C@@]1(OC(=O)CC)[C@@H](C)C[C@H]2[C@@H]3CCC4=CC=CC[C@]4(C)[C@@]3(F)[C@@H](O)C[C@@]21C. The van der Waals surface area contributed by atoms with E-state index in [1.807, 2.05) is 39.0 Å². The molecule has 1 N–H and O–H groups in total. The summed E-state index contributed by atoms with van der Waals surface area (Å²) in [5, 5.41) is 11.6. The second kappa shape index (κ2) is 8.82. The molecule has 0 unspecified atom stereocenters. The number of ether oxygens (including phenoxy) is 2. The van der Waals surface area contributed by atoms with Gasteiger partial charge in [-0.2, -0.15) is 0 Å². The summed E-state index contributed by atoms with van der Waals surface area (Å²) >= 11 is 0. The van der Waals surface area contributed by atoms with Crippen LogP contribution in [0, 0.1) is 28.6 Å². The van der Waals surface area contributed by atoms with Crippen LogP contribution < -0.4 is 0 Å². The lowest BCUT2D eigenvalue weighted by molar-refractivity contribution is -0.234. The number of allylic oxidation sites excluding steroid dienone is 4. The third-order valence-corrected chi connectivity index (χ3v) is 9.97. The number of carbonyl (C=O) groups is 3. The second-order valence-electron chi connectivity index (χ2n) is 11.5. The molecule has 4 aliphatic rings. The third kappa shape index (κ3) is 3.40. The van der Waals surface area contributed by atoms with E-state index in [0.29, 0.717) is 19.3 Å². The van der Waals surface area contributed by atoms with Crippen LogP contribution in [0.15, 0.2) is 23.8 Å². The Kier molecular flexibility index (Phi) is 6.57. The molecule has 4 rings (SSSR count). The summed E-state index contributed by atoms with van der Waals surface area (Å²) in [5.41, 5.74) is -4.23. The lowest BCUT2D eigenvalue weighted by Crippen LogP contribution is -2.70. The molecule has 194 valence electrons. The second-order valence-corrected chi connectivity index (χ2v) is 11.5. The molecule has 35 heavy (non-hydrogen) atoms. The number of alkyl halides is 1. The minimum absolute atomic E-state index is 0.00789. The molecule has 3 fully saturated rings. The number of aliphatic hydroxyl groups excluding tert-OH is 1. The number of Topliss-reactive ketones (excluding diaryl/α,β-unsaturated/α-hetero) is 1. The van der Waals surface area contributed by atoms with Gasteiger partial charge in [-0.3, -0.25) is 14.4 Å². The number of fused-ring (bicyclic) bond motifs is 5. The topological polar surface area (TPSA) is 89.9 Å². The molecule has 0 aromatic carbocycles. The zero-order valence-corrected chi connectivity index (χ0v) is 21.6. The highest BCUT2D eigenvalue weighted by molar-refractivity contribution is 5.93. The van der Waals surface area contributed by atoms with Crippen molar-refractivity contribution in [3.05, 3.63) is 23.8 Å². The first-order valence-electron chi connectivity index (χ1n) is 13.1. The maximum atomic E-state index is 17.4. The van der Waals surface area contributed by atoms with E-state index in [-0.39, 0.29) is 25.2 Å². The molecule has 0 amide bonds. The predicted molar refractivity (Wildman–Crippen MR) is 128 cm³/mol. The molecule has 0 aliphatic heterocycles. The fourth-order valence-corrected chi connectivity index (χ4v) is 8.18. The normalized spacial score (nSPS) is 43.9. The monoisotopic (exact) mass is 490 g/mol. The van der Waals surface area contributed by atoms with Crippen LogP contribution in [0.4, 0.5) is 4.39 Å². The Bertz CT molecular complexity index is 972. The molecule has 0 spiro atoms. The van der Waals surface area contributed by atoms with E-state index in [1.165, 1.54) is 0 Å². The van der Waals surface area contributed by atoms with Crippen molar-refractivity contribution in [1.82, 2.24) is 0 Å². The summed E-state index contributed by atoms with van der Waals surface area (Å²) in [7, 11) is 0. The van der Waals surface area contributed by atoms with Gasteiger partial charge in [0.1, 0.15) is 5.67 Å². The number of ketones is 1. The van der Waals surface area contributed by atoms with E-state index >= 15 is 4.39 Å². The first-order valence-corrected chi connectivity index (χ1v) is 13.1. The standard InChI is InChI=1S/C28H39FO6/c1-6-23(32)34-16-22(31)28(35-24(33)7-2)17(3)14-20-19-12-11-18-10-8-9-13-25(18,4)27(19,29)21(30)15-26(20,28)5/h8-10,17,19-21,30H,6-7,11-16H2,1-5H3/t17-,19-,20-,21-,25-,26-,27-,28-/m0/s1. The maximum Gasteiger partial charge on any atom is 0.306 e. The van der Waals surface area contributed by atoms with Gasteiger partial charge >= 0.3 is 11.9 Å². The molecule has 0 bridgehead atoms. The van der Waals surface area contributed by atoms with Gasteiger partial charge in [-0.1, -0.05) is 58.4 Å². The van der Waals surface area contributed by atoms with Crippen LogP contribution in [-0.2, 0) is 23.9 Å². The van der Waals surface area contributed by atoms with Crippen LogP contribution in [0.1, 0.15) is 79.6 Å². The molecule has 0 aromatic rings. The van der Waals surface area contributed by atoms with Crippen molar-refractivity contribution in [2.45, 2.75) is 96.9 Å². The highest BCUT2D eigenvalue weighted by Gasteiger charge is 2.77. The van der Waals surface area contributed by atoms with E-state index in [4.69, 9.17) is 9.47 Å². The lowest BCUT2D eigenvalue weighted by atomic mass is 9.44. The molecular formula is C28H39FO6. The first kappa shape index (κ1) is 26.1. The van der Waals surface area contributed by atoms with Crippen molar-refractivity contribution < 1.29 is 33.4 Å². The van der Waals surface area contributed by atoms with Gasteiger partial charge in [-0.05, 0) is 38.0 Å². The Hall–Kier alpha value is -2.02.